The van der Waals surface area contributed by atoms with Gasteiger partial charge in [-0.2, -0.15) is 0 Å². The average molecular weight is 323 g/mol. The molecule has 1 saturated heterocycles. The number of rotatable bonds is 9. The van der Waals surface area contributed by atoms with Crippen molar-refractivity contribution in [1.82, 2.24) is 25.8 Å². The molecule has 0 saturated carbocycles. The fourth-order valence-electron chi connectivity index (χ4n) is 3.02. The van der Waals surface area contributed by atoms with Gasteiger partial charge in [-0.3, -0.25) is 10.0 Å². The third kappa shape index (κ3) is 5.03. The van der Waals surface area contributed by atoms with E-state index >= 15 is 0 Å². The summed E-state index contributed by atoms with van der Waals surface area (Å²) in [6.07, 6.45) is 7.84. The molecule has 132 valence electrons. The van der Waals surface area contributed by atoms with Gasteiger partial charge in [-0.1, -0.05) is 27.2 Å². The number of nitrogens with zero attached hydrogens (tertiary/aromatic N) is 3. The van der Waals surface area contributed by atoms with Crippen LogP contribution in [0.15, 0.2) is 11.9 Å². The van der Waals surface area contributed by atoms with Crippen molar-refractivity contribution in [2.24, 2.45) is 5.92 Å². The van der Waals surface area contributed by atoms with E-state index in [0.717, 1.165) is 38.9 Å². The largest absolute Gasteiger partial charge is 0.333 e. The van der Waals surface area contributed by atoms with Crippen molar-refractivity contribution < 1.29 is 4.79 Å². The summed E-state index contributed by atoms with van der Waals surface area (Å²) >= 11 is 0. The van der Waals surface area contributed by atoms with Crippen molar-refractivity contribution in [2.45, 2.75) is 58.9 Å². The molecule has 0 unspecified atom stereocenters. The van der Waals surface area contributed by atoms with Gasteiger partial charge in [-0.05, 0) is 31.6 Å². The normalized spacial score (nSPS) is 21.4. The van der Waals surface area contributed by atoms with E-state index in [2.05, 4.69) is 54.9 Å². The molecule has 2 N–H and O–H groups in total. The molecule has 2 heterocycles. The molecule has 0 aromatic heterocycles. The zero-order chi connectivity index (χ0) is 16.8. The highest BCUT2D eigenvalue weighted by Gasteiger charge is 2.29. The second-order valence-electron chi connectivity index (χ2n) is 7.03. The van der Waals surface area contributed by atoms with Crippen LogP contribution >= 0.6 is 0 Å². The standard InChI is InChI=1S/C17H33N5O/c1-5-6-11-22-12-15(20(4)19-22)9-7-8-10-21-13-16(14(2)3)18-17(21)23/h12,14,16,19H,5-11,13H2,1-4H3,(H,18,23)/t16-/m1/s1. The first-order chi connectivity index (χ1) is 11.0. The average Bonchev–Trinajstić information content (AvgIpc) is 3.05. The van der Waals surface area contributed by atoms with Crippen LogP contribution in [0.4, 0.5) is 4.79 Å². The highest BCUT2D eigenvalue weighted by molar-refractivity contribution is 5.76. The Labute approximate surface area is 140 Å². The zero-order valence-electron chi connectivity index (χ0n) is 15.1. The van der Waals surface area contributed by atoms with Crippen LogP contribution < -0.4 is 10.9 Å². The Morgan fingerprint density at radius 2 is 2.04 bits per heavy atom. The topological polar surface area (TPSA) is 50.9 Å². The molecule has 2 rings (SSSR count). The van der Waals surface area contributed by atoms with Gasteiger partial charge in [0, 0.05) is 38.6 Å². The number of carbonyl (C=O) groups is 1. The summed E-state index contributed by atoms with van der Waals surface area (Å²) in [5.41, 5.74) is 4.67. The summed E-state index contributed by atoms with van der Waals surface area (Å²) in [4.78, 5) is 13.9. The molecule has 2 aliphatic heterocycles. The lowest BCUT2D eigenvalue weighted by molar-refractivity contribution is 0.150. The predicted octanol–water partition coefficient (Wildman–Crippen LogP) is 2.52. The molecule has 0 bridgehead atoms. The monoisotopic (exact) mass is 323 g/mol. The molecule has 1 fully saturated rings. The van der Waals surface area contributed by atoms with Gasteiger partial charge in [0.2, 0.25) is 0 Å². The van der Waals surface area contributed by atoms with Crippen molar-refractivity contribution >= 4 is 6.03 Å². The summed E-state index contributed by atoms with van der Waals surface area (Å²) < 4.78 is 0. The summed E-state index contributed by atoms with van der Waals surface area (Å²) in [5.74, 6) is 0.501. The smallest absolute Gasteiger partial charge is 0.317 e. The van der Waals surface area contributed by atoms with Crippen molar-refractivity contribution in [3.8, 4) is 0 Å². The maximum absolute atomic E-state index is 11.9. The minimum Gasteiger partial charge on any atom is -0.333 e. The fraction of sp³-hybridized carbons (Fsp3) is 0.824. The number of amides is 2. The molecule has 23 heavy (non-hydrogen) atoms. The van der Waals surface area contributed by atoms with E-state index in [9.17, 15) is 4.79 Å². The summed E-state index contributed by atoms with van der Waals surface area (Å²) in [6, 6.07) is 0.413. The summed E-state index contributed by atoms with van der Waals surface area (Å²) in [6.45, 7) is 9.30. The van der Waals surface area contributed by atoms with Crippen LogP contribution in [0.5, 0.6) is 0 Å². The molecule has 6 heteroatoms. The van der Waals surface area contributed by atoms with Crippen LogP contribution in [0.3, 0.4) is 0 Å². The van der Waals surface area contributed by atoms with E-state index < -0.39 is 0 Å². The van der Waals surface area contributed by atoms with Crippen LogP contribution in [0.2, 0.25) is 0 Å². The molecule has 0 aliphatic carbocycles. The maximum atomic E-state index is 11.9. The van der Waals surface area contributed by atoms with Gasteiger partial charge in [-0.15, -0.1) is 5.53 Å². The number of hydrogen-bond donors (Lipinski definition) is 2. The van der Waals surface area contributed by atoms with Crippen LogP contribution in [0.25, 0.3) is 0 Å². The van der Waals surface area contributed by atoms with Crippen molar-refractivity contribution in [2.75, 3.05) is 26.7 Å². The van der Waals surface area contributed by atoms with Gasteiger partial charge in [0.05, 0.1) is 6.04 Å². The fourth-order valence-corrected chi connectivity index (χ4v) is 3.02. The van der Waals surface area contributed by atoms with E-state index in [1.807, 2.05) is 4.90 Å². The lowest BCUT2D eigenvalue weighted by atomic mass is 10.1. The molecule has 2 aliphatic rings. The van der Waals surface area contributed by atoms with E-state index in [0.29, 0.717) is 12.0 Å². The third-order valence-corrected chi connectivity index (χ3v) is 4.70. The Hall–Kier alpha value is -1.43. The van der Waals surface area contributed by atoms with Crippen LogP contribution in [-0.4, -0.2) is 53.7 Å². The van der Waals surface area contributed by atoms with E-state index in [1.165, 1.54) is 18.5 Å². The first kappa shape index (κ1) is 17.9. The number of hydrogen-bond acceptors (Lipinski definition) is 4. The minimum atomic E-state index is 0.105. The Bertz CT molecular complexity index is 423. The number of unbranched alkanes of at least 4 members (excludes halogenated alkanes) is 2. The molecule has 0 aromatic carbocycles. The summed E-state index contributed by atoms with van der Waals surface area (Å²) in [7, 11) is 2.07. The van der Waals surface area contributed by atoms with E-state index in [4.69, 9.17) is 0 Å². The first-order valence-electron chi connectivity index (χ1n) is 9.04. The SMILES string of the molecule is CCCCN1C=C(CCCCN2C[C@H](C(C)C)NC2=O)N(C)N1. The maximum Gasteiger partial charge on any atom is 0.317 e. The van der Waals surface area contributed by atoms with Gasteiger partial charge >= 0.3 is 6.03 Å². The number of carbonyl (C=O) groups excluding carboxylic acids is 1. The second kappa shape index (κ2) is 8.43. The molecule has 0 spiro atoms. The minimum absolute atomic E-state index is 0.105. The molecular formula is C17H33N5O. The molecule has 2 amide bonds. The lowest BCUT2D eigenvalue weighted by Gasteiger charge is -2.20. The number of nitrogens with one attached hydrogen (secondary N) is 2. The Balaban J connectivity index is 1.66. The van der Waals surface area contributed by atoms with Gasteiger partial charge in [0.15, 0.2) is 0 Å². The molecule has 6 nitrogen and oxygen atoms in total. The van der Waals surface area contributed by atoms with Crippen LogP contribution in [0.1, 0.15) is 52.9 Å². The molecule has 0 aromatic rings. The Morgan fingerprint density at radius 3 is 2.70 bits per heavy atom. The summed E-state index contributed by atoms with van der Waals surface area (Å²) in [5, 5.41) is 7.34. The highest BCUT2D eigenvalue weighted by Crippen LogP contribution is 2.18. The Kier molecular flexibility index (Phi) is 6.57. The zero-order valence-corrected chi connectivity index (χ0v) is 15.1. The molecule has 1 atom stereocenters. The van der Waals surface area contributed by atoms with Crippen LogP contribution in [-0.2, 0) is 0 Å². The quantitative estimate of drug-likeness (QED) is 0.640. The van der Waals surface area contributed by atoms with Gasteiger partial charge < -0.3 is 10.2 Å². The van der Waals surface area contributed by atoms with Crippen LogP contribution in [0, 0.1) is 5.92 Å². The van der Waals surface area contributed by atoms with E-state index in [-0.39, 0.29) is 6.03 Å². The van der Waals surface area contributed by atoms with Gasteiger partial charge in [0.1, 0.15) is 0 Å². The predicted molar refractivity (Wildman–Crippen MR) is 93.2 cm³/mol. The third-order valence-electron chi connectivity index (χ3n) is 4.70. The second-order valence-corrected chi connectivity index (χ2v) is 7.03. The van der Waals surface area contributed by atoms with E-state index in [1.54, 1.807) is 0 Å². The molecule has 0 radical (unpaired) electrons. The van der Waals surface area contributed by atoms with Gasteiger partial charge in [0.25, 0.3) is 0 Å². The highest BCUT2D eigenvalue weighted by atomic mass is 16.2. The number of urea groups is 1. The first-order valence-corrected chi connectivity index (χ1v) is 9.04. The number of allylic oxidation sites excluding steroid dienone is 1. The van der Waals surface area contributed by atoms with Crippen molar-refractivity contribution in [1.29, 1.82) is 0 Å². The van der Waals surface area contributed by atoms with Gasteiger partial charge in [-0.25, -0.2) is 4.79 Å². The number of hydrazine groups is 2. The molecular weight excluding hydrogens is 290 g/mol. The van der Waals surface area contributed by atoms with Crippen molar-refractivity contribution in [3.63, 3.8) is 0 Å². The Morgan fingerprint density at radius 1 is 1.26 bits per heavy atom. The van der Waals surface area contributed by atoms with Crippen molar-refractivity contribution in [3.05, 3.63) is 11.9 Å². The lowest BCUT2D eigenvalue weighted by Crippen LogP contribution is -2.38.